The first-order valence-electron chi connectivity index (χ1n) is 25.0. The number of rotatable bonds is 40. The number of allylic oxidation sites excluding steroid dienone is 12. The van der Waals surface area contributed by atoms with Crippen LogP contribution in [-0.2, 0) is 46.3 Å². The van der Waals surface area contributed by atoms with Crippen LogP contribution >= 0.6 is 15.6 Å². The number of hydrogen-bond donors (Lipinski definition) is 6. The van der Waals surface area contributed by atoms with E-state index in [0.29, 0.717) is 25.7 Å². The number of aliphatic hydroxyl groups excluding tert-OH is 3. The number of esters is 2. The van der Waals surface area contributed by atoms with E-state index < -0.39 is 83.7 Å². The van der Waals surface area contributed by atoms with Gasteiger partial charge in [-0.2, -0.15) is 9.29 Å². The zero-order chi connectivity index (χ0) is 52.2. The molecule has 1 saturated heterocycles. The Morgan fingerprint density at radius 3 is 1.85 bits per heavy atom. The van der Waals surface area contributed by atoms with Gasteiger partial charge in [-0.05, 0) is 103 Å². The fraction of sp³-hybridized carbons (Fsp3) is 0.640. The second kappa shape index (κ2) is 37.8. The van der Waals surface area contributed by atoms with E-state index in [-0.39, 0.29) is 24.8 Å². The normalized spacial score (nSPS) is 20.2. The fourth-order valence-electron chi connectivity index (χ4n) is 6.88. The van der Waals surface area contributed by atoms with E-state index in [4.69, 9.17) is 29.0 Å². The van der Waals surface area contributed by atoms with Crippen molar-refractivity contribution in [3.8, 4) is 0 Å². The Balaban J connectivity index is 1.84. The quantitative estimate of drug-likeness (QED) is 0.0155. The van der Waals surface area contributed by atoms with Crippen molar-refractivity contribution >= 4 is 33.4 Å². The third-order valence-electron chi connectivity index (χ3n) is 10.8. The topological polar surface area (TPSA) is 286 Å². The van der Waals surface area contributed by atoms with Gasteiger partial charge in [0.1, 0.15) is 30.7 Å². The molecule has 21 heteroatoms. The molecule has 0 radical (unpaired) electrons. The van der Waals surface area contributed by atoms with Crippen molar-refractivity contribution in [1.29, 1.82) is 0 Å². The highest BCUT2D eigenvalue weighted by atomic mass is 31.3. The zero-order valence-corrected chi connectivity index (χ0v) is 43.4. The van der Waals surface area contributed by atoms with Gasteiger partial charge in [-0.1, -0.05) is 112 Å². The largest absolute Gasteiger partial charge is 0.481 e. The summed E-state index contributed by atoms with van der Waals surface area (Å²) in [4.78, 5) is 61.8. The van der Waals surface area contributed by atoms with Gasteiger partial charge in [-0.15, -0.1) is 0 Å². The van der Waals surface area contributed by atoms with Crippen LogP contribution in [0.1, 0.15) is 155 Å². The molecular formula is C50H81N3O16P2. The van der Waals surface area contributed by atoms with Crippen LogP contribution in [0.25, 0.3) is 0 Å². The third kappa shape index (κ3) is 31.4. The van der Waals surface area contributed by atoms with E-state index in [2.05, 4.69) is 70.9 Å². The van der Waals surface area contributed by atoms with E-state index in [1.54, 1.807) is 6.92 Å². The van der Waals surface area contributed by atoms with Crippen molar-refractivity contribution in [3.63, 3.8) is 0 Å². The minimum atomic E-state index is -5.45. The van der Waals surface area contributed by atoms with Crippen molar-refractivity contribution in [1.82, 2.24) is 9.55 Å². The summed E-state index contributed by atoms with van der Waals surface area (Å²) >= 11 is 0. The van der Waals surface area contributed by atoms with Crippen LogP contribution < -0.4 is 11.4 Å². The van der Waals surface area contributed by atoms with Crippen LogP contribution in [0.4, 0.5) is 5.82 Å². The molecule has 2 rings (SSSR count). The molecule has 1 fully saturated rings. The summed E-state index contributed by atoms with van der Waals surface area (Å²) in [6.45, 7) is 1.60. The van der Waals surface area contributed by atoms with Crippen molar-refractivity contribution in [3.05, 3.63) is 95.7 Å². The lowest BCUT2D eigenvalue weighted by Crippen LogP contribution is -2.36. The van der Waals surface area contributed by atoms with Crippen molar-refractivity contribution in [2.24, 2.45) is 0 Å². The molecule has 1 aliphatic rings. The number of unbranched alkanes of at least 4 members (excludes halogenated alkanes) is 10. The second-order valence-corrected chi connectivity index (χ2v) is 20.3. The van der Waals surface area contributed by atoms with Gasteiger partial charge in [0.2, 0.25) is 0 Å². The SMILES string of the molecule is CCCCC/C=C\C/C=C\CCCCCCCC(=O)OC[C@H](COP(=O)(O)OP(=O)(O)OC[C@H]1O[C@@H](n2ccc(N)nc2=O)[C@H](O)[C@@H]1O)OC(=O)CCC/C=C\C/C=C\C/C=C\C/C=C\CCC[C@H](C)O. The number of nitrogen functional groups attached to an aromatic ring is 1. The molecule has 7 N–H and O–H groups in total. The molecule has 1 aromatic heterocycles. The number of ether oxygens (including phenoxy) is 3. The van der Waals surface area contributed by atoms with Crippen molar-refractivity contribution in [2.45, 2.75) is 185 Å². The predicted molar refractivity (Wildman–Crippen MR) is 271 cm³/mol. The first-order valence-corrected chi connectivity index (χ1v) is 28.0. The maximum Gasteiger partial charge on any atom is 0.481 e. The molecule has 0 bridgehead atoms. The number of anilines is 1. The van der Waals surface area contributed by atoms with E-state index >= 15 is 0 Å². The molecule has 71 heavy (non-hydrogen) atoms. The molecule has 402 valence electrons. The molecule has 8 atom stereocenters. The Morgan fingerprint density at radius 2 is 1.25 bits per heavy atom. The molecule has 1 aliphatic heterocycles. The lowest BCUT2D eigenvalue weighted by molar-refractivity contribution is -0.161. The average molecular weight is 1040 g/mol. The highest BCUT2D eigenvalue weighted by Crippen LogP contribution is 2.60. The number of nitrogens with two attached hydrogens (primary N) is 1. The van der Waals surface area contributed by atoms with Gasteiger partial charge in [-0.25, -0.2) is 13.9 Å². The van der Waals surface area contributed by atoms with Gasteiger partial charge in [0.15, 0.2) is 12.3 Å². The number of hydrogen-bond acceptors (Lipinski definition) is 16. The fourth-order valence-corrected chi connectivity index (χ4v) is 8.99. The minimum absolute atomic E-state index is 0.0442. The monoisotopic (exact) mass is 1040 g/mol. The molecule has 0 spiro atoms. The number of phosphoric ester groups is 2. The van der Waals surface area contributed by atoms with Crippen LogP contribution in [0.5, 0.6) is 0 Å². The van der Waals surface area contributed by atoms with Gasteiger partial charge in [0.25, 0.3) is 0 Å². The van der Waals surface area contributed by atoms with Crippen LogP contribution in [0, 0.1) is 0 Å². The van der Waals surface area contributed by atoms with E-state index in [1.165, 1.54) is 25.3 Å². The Kier molecular flexibility index (Phi) is 33.7. The number of aliphatic hydroxyl groups is 3. The third-order valence-corrected chi connectivity index (χ3v) is 13.4. The second-order valence-electron chi connectivity index (χ2n) is 17.2. The summed E-state index contributed by atoms with van der Waals surface area (Å²) in [5, 5.41) is 30.2. The summed E-state index contributed by atoms with van der Waals surface area (Å²) < 4.78 is 56.6. The highest BCUT2D eigenvalue weighted by Gasteiger charge is 2.46. The Morgan fingerprint density at radius 1 is 0.732 bits per heavy atom. The van der Waals surface area contributed by atoms with Gasteiger partial charge in [0, 0.05) is 19.0 Å². The van der Waals surface area contributed by atoms with E-state index in [0.717, 1.165) is 87.8 Å². The summed E-state index contributed by atoms with van der Waals surface area (Å²) in [5.74, 6) is -1.41. The lowest BCUT2D eigenvalue weighted by Gasteiger charge is -2.21. The molecule has 0 saturated carbocycles. The Hall–Kier alpha value is -3.84. The van der Waals surface area contributed by atoms with E-state index in [1.807, 2.05) is 18.2 Å². The lowest BCUT2D eigenvalue weighted by atomic mass is 10.1. The molecular weight excluding hydrogens is 961 g/mol. The molecule has 19 nitrogen and oxygen atoms in total. The summed E-state index contributed by atoms with van der Waals surface area (Å²) in [6.07, 6.45) is 35.5. The molecule has 0 amide bonds. The smallest absolute Gasteiger partial charge is 0.462 e. The number of nitrogens with zero attached hydrogens (tertiary/aromatic N) is 2. The predicted octanol–water partition coefficient (Wildman–Crippen LogP) is 9.08. The van der Waals surface area contributed by atoms with Gasteiger partial charge in [0.05, 0.1) is 19.3 Å². The molecule has 2 unspecified atom stereocenters. The molecule has 0 aliphatic carbocycles. The Bertz CT molecular complexity index is 1990. The molecule has 2 heterocycles. The van der Waals surface area contributed by atoms with Crippen molar-refractivity contribution < 1.29 is 71.4 Å². The van der Waals surface area contributed by atoms with Gasteiger partial charge >= 0.3 is 33.3 Å². The summed E-state index contributed by atoms with van der Waals surface area (Å²) in [5.41, 5.74) is 4.57. The maximum atomic E-state index is 12.8. The first-order chi connectivity index (χ1) is 34.0. The van der Waals surface area contributed by atoms with Crippen LogP contribution in [-0.4, -0.2) is 96.9 Å². The maximum absolute atomic E-state index is 12.8. The van der Waals surface area contributed by atoms with Crippen LogP contribution in [0.15, 0.2) is 90.0 Å². The number of phosphoric acid groups is 2. The van der Waals surface area contributed by atoms with Crippen LogP contribution in [0.2, 0.25) is 0 Å². The highest BCUT2D eigenvalue weighted by molar-refractivity contribution is 7.61. The Labute approximate surface area is 419 Å². The molecule has 1 aromatic rings. The first kappa shape index (κ1) is 63.3. The van der Waals surface area contributed by atoms with Crippen LogP contribution in [0.3, 0.4) is 0 Å². The summed E-state index contributed by atoms with van der Waals surface area (Å²) in [7, 11) is -10.9. The standard InChI is InChI=1S/C50H81N3O16P2/c1-3-4-5-6-7-8-9-10-12-16-19-22-25-28-31-34-45(55)64-38-42(67-46(56)35-32-29-26-23-20-17-14-11-13-15-18-21-24-27-30-33-41(2)54)39-65-70(60,61)69-71(62,63)66-40-43-47(57)48(58)49(68-43)53-37-36-44(51)52-50(53)59/h7-8,10,12-15,17,21,23-24,26,36-37,41-43,47-49,54,57-58H,3-6,9,11,16,18-20,22,25,27-35,38-40H2,1-2H3,(H,60,61)(H,62,63)(H2,51,52,59)/b8-7-,12-10-,15-13-,17-14-,24-21-,26-23-/t41-,42+,43+,47+,48+,49+/m0/s1. The number of carbonyl (C=O) groups is 2. The van der Waals surface area contributed by atoms with Gasteiger partial charge < -0.3 is 45.1 Å². The number of carbonyl (C=O) groups excluding carboxylic acids is 2. The van der Waals surface area contributed by atoms with E-state index in [9.17, 15) is 48.6 Å². The summed E-state index contributed by atoms with van der Waals surface area (Å²) in [6, 6.07) is 1.24. The average Bonchev–Trinajstić information content (AvgIpc) is 3.59. The van der Waals surface area contributed by atoms with Gasteiger partial charge in [-0.3, -0.25) is 23.2 Å². The number of aromatic nitrogens is 2. The zero-order valence-electron chi connectivity index (χ0n) is 41.6. The van der Waals surface area contributed by atoms with Crippen molar-refractivity contribution in [2.75, 3.05) is 25.6 Å². The minimum Gasteiger partial charge on any atom is -0.462 e. The molecule has 0 aromatic carbocycles.